The van der Waals surface area contributed by atoms with Crippen molar-refractivity contribution in [1.82, 2.24) is 10.2 Å². The summed E-state index contributed by atoms with van der Waals surface area (Å²) < 4.78 is 4.85. The molecule has 2 aliphatic rings. The summed E-state index contributed by atoms with van der Waals surface area (Å²) in [5, 5.41) is 3.38. The third-order valence-electron chi connectivity index (χ3n) is 4.00. The van der Waals surface area contributed by atoms with Crippen molar-refractivity contribution in [3.8, 4) is 0 Å². The van der Waals surface area contributed by atoms with Gasteiger partial charge in [-0.3, -0.25) is 9.69 Å². The van der Waals surface area contributed by atoms with E-state index in [1.54, 1.807) is 0 Å². The summed E-state index contributed by atoms with van der Waals surface area (Å²) in [6.07, 6.45) is 4.95. The van der Waals surface area contributed by atoms with E-state index in [4.69, 9.17) is 4.74 Å². The molecule has 0 saturated heterocycles. The Morgan fingerprint density at radius 2 is 2.06 bits per heavy atom. The van der Waals surface area contributed by atoms with Crippen molar-refractivity contribution < 1.29 is 9.53 Å². The Kier molecular flexibility index (Phi) is 4.05. The Hall–Kier alpha value is -0.610. The number of esters is 1. The Morgan fingerprint density at radius 1 is 1.41 bits per heavy atom. The molecule has 0 amide bonds. The van der Waals surface area contributed by atoms with Crippen LogP contribution >= 0.6 is 0 Å². The number of likely N-dealkylation sites (N-methyl/N-ethyl adjacent to an activating group) is 1. The van der Waals surface area contributed by atoms with Crippen LogP contribution in [0.4, 0.5) is 0 Å². The SMILES string of the molecule is COC(=O)C(NCC(C)N(C)C1CC1)C1CC1. The molecule has 0 aromatic carbocycles. The van der Waals surface area contributed by atoms with Gasteiger partial charge in [0, 0.05) is 18.6 Å². The smallest absolute Gasteiger partial charge is 0.323 e. The summed E-state index contributed by atoms with van der Waals surface area (Å²) in [6.45, 7) is 3.08. The van der Waals surface area contributed by atoms with E-state index in [0.29, 0.717) is 12.0 Å². The topological polar surface area (TPSA) is 41.6 Å². The molecule has 0 spiro atoms. The van der Waals surface area contributed by atoms with Gasteiger partial charge in [-0.15, -0.1) is 0 Å². The lowest BCUT2D eigenvalue weighted by Crippen LogP contribution is -2.46. The van der Waals surface area contributed by atoms with E-state index in [2.05, 4.69) is 24.2 Å². The fraction of sp³-hybridized carbons (Fsp3) is 0.923. The molecule has 2 aliphatic carbocycles. The normalized spacial score (nSPS) is 23.5. The van der Waals surface area contributed by atoms with E-state index in [1.165, 1.54) is 20.0 Å². The van der Waals surface area contributed by atoms with Crippen LogP contribution < -0.4 is 5.32 Å². The van der Waals surface area contributed by atoms with Crippen molar-refractivity contribution in [2.45, 2.75) is 50.7 Å². The summed E-state index contributed by atoms with van der Waals surface area (Å²) in [5.41, 5.74) is 0. The third-order valence-corrected chi connectivity index (χ3v) is 4.00. The minimum Gasteiger partial charge on any atom is -0.468 e. The number of hydrogen-bond acceptors (Lipinski definition) is 4. The Balaban J connectivity index is 1.75. The second-order valence-corrected chi connectivity index (χ2v) is 5.49. The van der Waals surface area contributed by atoms with E-state index >= 15 is 0 Å². The first-order chi connectivity index (χ1) is 8.13. The van der Waals surface area contributed by atoms with Crippen LogP contribution in [0.25, 0.3) is 0 Å². The first-order valence-corrected chi connectivity index (χ1v) is 6.66. The fourth-order valence-corrected chi connectivity index (χ4v) is 2.28. The Bertz CT molecular complexity index is 275. The molecular weight excluding hydrogens is 216 g/mol. The molecule has 0 aromatic heterocycles. The maximum Gasteiger partial charge on any atom is 0.323 e. The number of rotatable bonds is 7. The molecule has 0 aliphatic heterocycles. The van der Waals surface area contributed by atoms with Crippen LogP contribution in [0, 0.1) is 5.92 Å². The molecule has 2 unspecified atom stereocenters. The number of carbonyl (C=O) groups is 1. The lowest BCUT2D eigenvalue weighted by molar-refractivity contribution is -0.143. The zero-order valence-corrected chi connectivity index (χ0v) is 11.1. The van der Waals surface area contributed by atoms with Crippen LogP contribution in [0.3, 0.4) is 0 Å². The quantitative estimate of drug-likeness (QED) is 0.674. The van der Waals surface area contributed by atoms with Gasteiger partial charge in [-0.05, 0) is 45.6 Å². The van der Waals surface area contributed by atoms with E-state index in [9.17, 15) is 4.79 Å². The number of nitrogens with zero attached hydrogens (tertiary/aromatic N) is 1. The van der Waals surface area contributed by atoms with Crippen molar-refractivity contribution in [3.63, 3.8) is 0 Å². The van der Waals surface area contributed by atoms with Crippen molar-refractivity contribution in [3.05, 3.63) is 0 Å². The fourth-order valence-electron chi connectivity index (χ4n) is 2.28. The Labute approximate surface area is 104 Å². The first-order valence-electron chi connectivity index (χ1n) is 6.66. The highest BCUT2D eigenvalue weighted by atomic mass is 16.5. The minimum absolute atomic E-state index is 0.0879. The van der Waals surface area contributed by atoms with Crippen LogP contribution in [0.2, 0.25) is 0 Å². The lowest BCUT2D eigenvalue weighted by atomic mass is 10.1. The molecule has 4 nitrogen and oxygen atoms in total. The van der Waals surface area contributed by atoms with Gasteiger partial charge in [0.2, 0.25) is 0 Å². The van der Waals surface area contributed by atoms with Crippen LogP contribution in [0.5, 0.6) is 0 Å². The molecule has 2 rings (SSSR count). The van der Waals surface area contributed by atoms with Crippen LogP contribution in [0.15, 0.2) is 0 Å². The van der Waals surface area contributed by atoms with Crippen molar-refractivity contribution in [2.75, 3.05) is 20.7 Å². The lowest BCUT2D eigenvalue weighted by Gasteiger charge is -2.26. The van der Waals surface area contributed by atoms with Gasteiger partial charge in [0.15, 0.2) is 0 Å². The monoisotopic (exact) mass is 240 g/mol. The van der Waals surface area contributed by atoms with Gasteiger partial charge in [0.1, 0.15) is 6.04 Å². The molecule has 4 heteroatoms. The number of nitrogens with one attached hydrogen (secondary N) is 1. The van der Waals surface area contributed by atoms with Gasteiger partial charge in [-0.25, -0.2) is 0 Å². The van der Waals surface area contributed by atoms with Gasteiger partial charge in [0.25, 0.3) is 0 Å². The molecule has 2 fully saturated rings. The highest BCUT2D eigenvalue weighted by Gasteiger charge is 2.37. The molecule has 0 bridgehead atoms. The summed E-state index contributed by atoms with van der Waals surface area (Å²) >= 11 is 0. The predicted molar refractivity (Wildman–Crippen MR) is 66.8 cm³/mol. The summed E-state index contributed by atoms with van der Waals surface area (Å²) in [6, 6.07) is 1.16. The average Bonchev–Trinajstić information content (AvgIpc) is 3.18. The molecule has 1 N–H and O–H groups in total. The largest absolute Gasteiger partial charge is 0.468 e. The highest BCUT2D eigenvalue weighted by molar-refractivity contribution is 5.76. The summed E-state index contributed by atoms with van der Waals surface area (Å²) in [7, 11) is 3.65. The summed E-state index contributed by atoms with van der Waals surface area (Å²) in [5.74, 6) is 0.398. The Morgan fingerprint density at radius 3 is 2.53 bits per heavy atom. The van der Waals surface area contributed by atoms with Gasteiger partial charge in [-0.2, -0.15) is 0 Å². The van der Waals surface area contributed by atoms with Crippen LogP contribution in [-0.4, -0.2) is 49.7 Å². The molecule has 17 heavy (non-hydrogen) atoms. The van der Waals surface area contributed by atoms with Gasteiger partial charge < -0.3 is 10.1 Å². The molecule has 2 saturated carbocycles. The van der Waals surface area contributed by atoms with Gasteiger partial charge >= 0.3 is 5.97 Å². The van der Waals surface area contributed by atoms with Crippen molar-refractivity contribution in [1.29, 1.82) is 0 Å². The molecule has 0 aromatic rings. The predicted octanol–water partition coefficient (Wildman–Crippen LogP) is 1.01. The minimum atomic E-state index is -0.103. The van der Waals surface area contributed by atoms with Gasteiger partial charge in [0.05, 0.1) is 7.11 Å². The molecule has 2 atom stereocenters. The standard InChI is InChI=1S/C13H24N2O2/c1-9(15(2)11-6-7-11)8-14-12(10-4-5-10)13(16)17-3/h9-12,14H,4-8H2,1-3H3. The molecule has 98 valence electrons. The van der Waals surface area contributed by atoms with E-state index in [1.807, 2.05) is 0 Å². The number of carbonyl (C=O) groups excluding carboxylic acids is 1. The van der Waals surface area contributed by atoms with Crippen molar-refractivity contribution >= 4 is 5.97 Å². The molecule has 0 heterocycles. The second-order valence-electron chi connectivity index (χ2n) is 5.49. The number of ether oxygens (including phenoxy) is 1. The zero-order chi connectivity index (χ0) is 12.4. The number of hydrogen-bond donors (Lipinski definition) is 1. The number of methoxy groups -OCH3 is 1. The average molecular weight is 240 g/mol. The van der Waals surface area contributed by atoms with Crippen molar-refractivity contribution in [2.24, 2.45) is 5.92 Å². The highest BCUT2D eigenvalue weighted by Crippen LogP contribution is 2.33. The van der Waals surface area contributed by atoms with Gasteiger partial charge in [-0.1, -0.05) is 0 Å². The van der Waals surface area contributed by atoms with E-state index in [0.717, 1.165) is 25.4 Å². The van der Waals surface area contributed by atoms with Crippen LogP contribution in [-0.2, 0) is 9.53 Å². The summed E-state index contributed by atoms with van der Waals surface area (Å²) in [4.78, 5) is 14.0. The maximum atomic E-state index is 11.6. The first kappa shape index (κ1) is 12.8. The molecule has 0 radical (unpaired) electrons. The second kappa shape index (κ2) is 5.36. The zero-order valence-electron chi connectivity index (χ0n) is 11.1. The maximum absolute atomic E-state index is 11.6. The van der Waals surface area contributed by atoms with E-state index < -0.39 is 0 Å². The molecular formula is C13H24N2O2. The third kappa shape index (κ3) is 3.42. The van der Waals surface area contributed by atoms with E-state index in [-0.39, 0.29) is 12.0 Å². The van der Waals surface area contributed by atoms with Crippen LogP contribution in [0.1, 0.15) is 32.6 Å².